The third-order valence-electron chi connectivity index (χ3n) is 5.06. The van der Waals surface area contributed by atoms with Crippen molar-refractivity contribution in [3.63, 3.8) is 0 Å². The summed E-state index contributed by atoms with van der Waals surface area (Å²) in [5.41, 5.74) is 1.39. The minimum atomic E-state index is -0.626. The highest BCUT2D eigenvalue weighted by Crippen LogP contribution is 2.30. The second-order valence-corrected chi connectivity index (χ2v) is 10.4. The van der Waals surface area contributed by atoms with Crippen molar-refractivity contribution in [3.8, 4) is 5.75 Å². The van der Waals surface area contributed by atoms with Crippen molar-refractivity contribution >= 4 is 46.6 Å². The number of ether oxygens (including phenoxy) is 2. The largest absolute Gasteiger partial charge is 0.497 e. The molecule has 3 aromatic carbocycles. The smallest absolute Gasteiger partial charge is 0.412 e. The van der Waals surface area contributed by atoms with Crippen molar-refractivity contribution < 1.29 is 19.1 Å². The van der Waals surface area contributed by atoms with Gasteiger partial charge in [-0.25, -0.2) is 14.8 Å². The summed E-state index contributed by atoms with van der Waals surface area (Å²) < 4.78 is 10.6. The van der Waals surface area contributed by atoms with Gasteiger partial charge in [-0.3, -0.25) is 10.1 Å². The van der Waals surface area contributed by atoms with E-state index >= 15 is 0 Å². The Morgan fingerprint density at radius 1 is 0.846 bits per heavy atom. The molecule has 0 radical (unpaired) electrons. The SMILES string of the molecule is COc1cccc(Sc2ncc(C(=O)Nc3ccccc3)c(Nc3cccc(NC(=O)OC(C)(C)C)c3)n2)c1. The Bertz CT molecular complexity index is 1460. The number of amides is 2. The molecule has 0 aliphatic rings. The molecule has 0 atom stereocenters. The van der Waals surface area contributed by atoms with Crippen molar-refractivity contribution in [1.29, 1.82) is 0 Å². The van der Waals surface area contributed by atoms with E-state index in [0.717, 1.165) is 4.90 Å². The number of benzene rings is 3. The van der Waals surface area contributed by atoms with E-state index in [1.807, 2.05) is 42.5 Å². The summed E-state index contributed by atoms with van der Waals surface area (Å²) in [6.45, 7) is 5.38. The first-order valence-electron chi connectivity index (χ1n) is 12.1. The van der Waals surface area contributed by atoms with E-state index in [4.69, 9.17) is 9.47 Å². The molecular formula is C29H29N5O4S. The van der Waals surface area contributed by atoms with Crippen LogP contribution in [0.2, 0.25) is 0 Å². The molecular weight excluding hydrogens is 514 g/mol. The molecule has 39 heavy (non-hydrogen) atoms. The summed E-state index contributed by atoms with van der Waals surface area (Å²) >= 11 is 1.34. The lowest BCUT2D eigenvalue weighted by Crippen LogP contribution is -2.27. The number of hydrogen-bond acceptors (Lipinski definition) is 8. The Balaban J connectivity index is 1.61. The van der Waals surface area contributed by atoms with Crippen LogP contribution >= 0.6 is 11.8 Å². The van der Waals surface area contributed by atoms with E-state index in [0.29, 0.717) is 33.8 Å². The maximum absolute atomic E-state index is 13.2. The second-order valence-electron chi connectivity index (χ2n) is 9.35. The van der Waals surface area contributed by atoms with Crippen LogP contribution in [0.25, 0.3) is 0 Å². The van der Waals surface area contributed by atoms with Gasteiger partial charge in [0.2, 0.25) is 0 Å². The van der Waals surface area contributed by atoms with E-state index in [9.17, 15) is 9.59 Å². The number of para-hydroxylation sites is 1. The number of rotatable bonds is 8. The van der Waals surface area contributed by atoms with Crippen LogP contribution in [0.4, 0.5) is 27.7 Å². The predicted molar refractivity (Wildman–Crippen MR) is 153 cm³/mol. The van der Waals surface area contributed by atoms with Gasteiger partial charge in [0.25, 0.3) is 5.91 Å². The molecule has 4 rings (SSSR count). The Kier molecular flexibility index (Phi) is 8.67. The average Bonchev–Trinajstić information content (AvgIpc) is 2.88. The minimum absolute atomic E-state index is 0.249. The van der Waals surface area contributed by atoms with Gasteiger partial charge in [-0.15, -0.1) is 0 Å². The van der Waals surface area contributed by atoms with E-state index in [2.05, 4.69) is 25.9 Å². The van der Waals surface area contributed by atoms with Crippen molar-refractivity contribution in [2.75, 3.05) is 23.1 Å². The van der Waals surface area contributed by atoms with Crippen LogP contribution in [0, 0.1) is 0 Å². The topological polar surface area (TPSA) is 114 Å². The lowest BCUT2D eigenvalue weighted by molar-refractivity contribution is 0.0635. The first kappa shape index (κ1) is 27.5. The van der Waals surface area contributed by atoms with Gasteiger partial charge in [0.05, 0.1) is 7.11 Å². The monoisotopic (exact) mass is 543 g/mol. The fourth-order valence-corrected chi connectivity index (χ4v) is 4.17. The van der Waals surface area contributed by atoms with Gasteiger partial charge < -0.3 is 20.1 Å². The van der Waals surface area contributed by atoms with Crippen LogP contribution in [0.5, 0.6) is 5.75 Å². The van der Waals surface area contributed by atoms with Crippen LogP contribution in [0.3, 0.4) is 0 Å². The summed E-state index contributed by atoms with van der Waals surface area (Å²) in [4.78, 5) is 35.4. The molecule has 0 bridgehead atoms. The molecule has 1 aromatic heterocycles. The molecule has 2 amide bonds. The third-order valence-corrected chi connectivity index (χ3v) is 5.93. The molecule has 4 aromatic rings. The fourth-order valence-electron chi connectivity index (χ4n) is 3.40. The maximum Gasteiger partial charge on any atom is 0.412 e. The summed E-state index contributed by atoms with van der Waals surface area (Å²) in [6.07, 6.45) is 0.917. The van der Waals surface area contributed by atoms with Crippen LogP contribution in [0.15, 0.2) is 95.1 Å². The average molecular weight is 544 g/mol. The van der Waals surface area contributed by atoms with Gasteiger partial charge in [0.15, 0.2) is 5.16 Å². The Labute approximate surface area is 231 Å². The molecule has 200 valence electrons. The van der Waals surface area contributed by atoms with Crippen molar-refractivity contribution in [3.05, 3.63) is 90.6 Å². The molecule has 0 spiro atoms. The molecule has 3 N–H and O–H groups in total. The molecule has 9 nitrogen and oxygen atoms in total. The van der Waals surface area contributed by atoms with E-state index < -0.39 is 11.7 Å². The number of carbonyl (C=O) groups excluding carboxylic acids is 2. The zero-order valence-corrected chi connectivity index (χ0v) is 22.8. The van der Waals surface area contributed by atoms with Crippen LogP contribution in [0.1, 0.15) is 31.1 Å². The van der Waals surface area contributed by atoms with Crippen LogP contribution < -0.4 is 20.7 Å². The van der Waals surface area contributed by atoms with Crippen LogP contribution in [-0.4, -0.2) is 34.7 Å². The number of hydrogen-bond donors (Lipinski definition) is 3. The van der Waals surface area contributed by atoms with Crippen LogP contribution in [-0.2, 0) is 4.74 Å². The molecule has 0 aliphatic carbocycles. The summed E-state index contributed by atoms with van der Waals surface area (Å²) in [7, 11) is 1.61. The molecule has 0 saturated carbocycles. The highest BCUT2D eigenvalue weighted by atomic mass is 32.2. The third kappa shape index (κ3) is 8.21. The molecule has 10 heteroatoms. The highest BCUT2D eigenvalue weighted by molar-refractivity contribution is 7.99. The number of anilines is 4. The number of carbonyl (C=O) groups is 2. The summed E-state index contributed by atoms with van der Waals surface area (Å²) in [5, 5.41) is 9.24. The van der Waals surface area contributed by atoms with Crippen molar-refractivity contribution in [2.24, 2.45) is 0 Å². The van der Waals surface area contributed by atoms with Gasteiger partial charge in [-0.05, 0) is 81.1 Å². The normalized spacial score (nSPS) is 10.9. The molecule has 0 unspecified atom stereocenters. The molecule has 1 heterocycles. The molecule has 0 aliphatic heterocycles. The maximum atomic E-state index is 13.2. The zero-order valence-electron chi connectivity index (χ0n) is 22.0. The number of nitrogens with one attached hydrogen (secondary N) is 3. The van der Waals surface area contributed by atoms with Gasteiger partial charge in [-0.2, -0.15) is 0 Å². The summed E-state index contributed by atoms with van der Waals surface area (Å²) in [6, 6.07) is 23.7. The lowest BCUT2D eigenvalue weighted by Gasteiger charge is -2.20. The Morgan fingerprint density at radius 3 is 2.31 bits per heavy atom. The Morgan fingerprint density at radius 2 is 1.56 bits per heavy atom. The predicted octanol–water partition coefficient (Wildman–Crippen LogP) is 6.98. The summed E-state index contributed by atoms with van der Waals surface area (Å²) in [5.74, 6) is 0.648. The Hall–Kier alpha value is -4.57. The van der Waals surface area contributed by atoms with Crippen molar-refractivity contribution in [1.82, 2.24) is 9.97 Å². The lowest BCUT2D eigenvalue weighted by atomic mass is 10.2. The first-order valence-corrected chi connectivity index (χ1v) is 12.9. The van der Waals surface area contributed by atoms with E-state index in [1.54, 1.807) is 64.3 Å². The minimum Gasteiger partial charge on any atom is -0.497 e. The fraction of sp³-hybridized carbons (Fsp3) is 0.172. The van der Waals surface area contributed by atoms with E-state index in [-0.39, 0.29) is 11.5 Å². The van der Waals surface area contributed by atoms with E-state index in [1.165, 1.54) is 18.0 Å². The van der Waals surface area contributed by atoms with Gasteiger partial charge in [0.1, 0.15) is 22.7 Å². The number of nitrogens with zero attached hydrogens (tertiary/aromatic N) is 2. The first-order chi connectivity index (χ1) is 18.7. The molecule has 0 saturated heterocycles. The van der Waals surface area contributed by atoms with Gasteiger partial charge in [0, 0.05) is 28.2 Å². The molecule has 0 fully saturated rings. The highest BCUT2D eigenvalue weighted by Gasteiger charge is 2.18. The second kappa shape index (κ2) is 12.3. The number of methoxy groups -OCH3 is 1. The van der Waals surface area contributed by atoms with Gasteiger partial charge in [-0.1, -0.05) is 30.3 Å². The van der Waals surface area contributed by atoms with Crippen molar-refractivity contribution in [2.45, 2.75) is 36.4 Å². The standard InChI is InChI=1S/C29H29N5O4S/c1-29(2,3)38-28(36)33-21-13-8-12-20(16-21)31-25-24(26(35)32-19-10-6-5-7-11-19)18-30-27(34-25)39-23-15-9-14-22(17-23)37-4/h5-18H,1-4H3,(H,32,35)(H,33,36)(H,30,31,34). The quantitative estimate of drug-likeness (QED) is 0.204. The number of aromatic nitrogens is 2. The zero-order chi connectivity index (χ0) is 27.8. The van der Waals surface area contributed by atoms with Gasteiger partial charge >= 0.3 is 6.09 Å².